The second-order valence-corrected chi connectivity index (χ2v) is 4.60. The molecule has 0 aliphatic heterocycles. The molecular formula is C15H12ClNO2. The summed E-state index contributed by atoms with van der Waals surface area (Å²) >= 11 is 6.02. The average molecular weight is 274 g/mol. The van der Waals surface area contributed by atoms with Gasteiger partial charge in [-0.25, -0.2) is 0 Å². The van der Waals surface area contributed by atoms with Gasteiger partial charge in [0.25, 0.3) is 0 Å². The number of benzene rings is 2. The molecule has 0 unspecified atom stereocenters. The quantitative estimate of drug-likeness (QED) is 0.726. The number of hydrogen-bond donors (Lipinski definition) is 1. The van der Waals surface area contributed by atoms with E-state index in [0.29, 0.717) is 34.4 Å². The molecule has 1 heterocycles. The van der Waals surface area contributed by atoms with Crippen LogP contribution in [0.5, 0.6) is 5.75 Å². The van der Waals surface area contributed by atoms with E-state index in [-0.39, 0.29) is 0 Å². The minimum Gasteiger partial charge on any atom is -0.484 e. The number of fused-ring (bicyclic) bond motifs is 1. The Morgan fingerprint density at radius 1 is 1.11 bits per heavy atom. The summed E-state index contributed by atoms with van der Waals surface area (Å²) in [6.07, 6.45) is 0. The van der Waals surface area contributed by atoms with Gasteiger partial charge in [-0.3, -0.25) is 0 Å². The molecule has 0 saturated carbocycles. The van der Waals surface area contributed by atoms with Crippen molar-refractivity contribution in [2.24, 2.45) is 0 Å². The first-order chi connectivity index (χ1) is 9.24. The summed E-state index contributed by atoms with van der Waals surface area (Å²) in [6, 6.07) is 14.9. The van der Waals surface area contributed by atoms with Crippen LogP contribution in [0.4, 0.5) is 5.69 Å². The maximum Gasteiger partial charge on any atom is 0.157 e. The Labute approximate surface area is 115 Å². The zero-order chi connectivity index (χ0) is 13.2. The van der Waals surface area contributed by atoms with Crippen LogP contribution in [-0.4, -0.2) is 0 Å². The van der Waals surface area contributed by atoms with Gasteiger partial charge in [0.2, 0.25) is 0 Å². The standard InChI is InChI=1S/C15H12ClNO2/c16-12-5-1-2-7-14(12)18-9-11-8-10-4-3-6-13(17)15(10)19-11/h1-8H,9,17H2. The van der Waals surface area contributed by atoms with E-state index in [9.17, 15) is 0 Å². The van der Waals surface area contributed by atoms with E-state index in [1.54, 1.807) is 6.07 Å². The molecule has 0 bridgehead atoms. The number of halogens is 1. The van der Waals surface area contributed by atoms with Crippen molar-refractivity contribution in [1.29, 1.82) is 0 Å². The number of anilines is 1. The highest BCUT2D eigenvalue weighted by atomic mass is 35.5. The van der Waals surface area contributed by atoms with Gasteiger partial charge in [-0.2, -0.15) is 0 Å². The normalized spacial score (nSPS) is 10.8. The summed E-state index contributed by atoms with van der Waals surface area (Å²) in [7, 11) is 0. The third-order valence-corrected chi connectivity index (χ3v) is 3.14. The van der Waals surface area contributed by atoms with E-state index in [2.05, 4.69) is 0 Å². The molecule has 0 saturated heterocycles. The van der Waals surface area contributed by atoms with Crippen LogP contribution in [0.25, 0.3) is 11.0 Å². The molecule has 2 N–H and O–H groups in total. The van der Waals surface area contributed by atoms with Crippen molar-refractivity contribution in [2.45, 2.75) is 6.61 Å². The van der Waals surface area contributed by atoms with Gasteiger partial charge in [-0.05, 0) is 24.3 Å². The van der Waals surface area contributed by atoms with E-state index in [1.807, 2.05) is 42.5 Å². The Morgan fingerprint density at radius 2 is 1.95 bits per heavy atom. The fraction of sp³-hybridized carbons (Fsp3) is 0.0667. The largest absolute Gasteiger partial charge is 0.484 e. The van der Waals surface area contributed by atoms with Crippen molar-refractivity contribution >= 4 is 28.3 Å². The zero-order valence-corrected chi connectivity index (χ0v) is 10.9. The van der Waals surface area contributed by atoms with Crippen LogP contribution in [0.15, 0.2) is 52.9 Å². The minimum atomic E-state index is 0.317. The second kappa shape index (κ2) is 4.86. The van der Waals surface area contributed by atoms with Crippen LogP contribution >= 0.6 is 11.6 Å². The molecule has 4 heteroatoms. The molecule has 0 fully saturated rings. The second-order valence-electron chi connectivity index (χ2n) is 4.20. The van der Waals surface area contributed by atoms with Crippen molar-refractivity contribution in [2.75, 3.05) is 5.73 Å². The monoisotopic (exact) mass is 273 g/mol. The smallest absolute Gasteiger partial charge is 0.157 e. The first-order valence-electron chi connectivity index (χ1n) is 5.88. The van der Waals surface area contributed by atoms with E-state index >= 15 is 0 Å². The molecular weight excluding hydrogens is 262 g/mol. The molecule has 3 rings (SSSR count). The molecule has 3 nitrogen and oxygen atoms in total. The van der Waals surface area contributed by atoms with Gasteiger partial charge in [-0.1, -0.05) is 35.9 Å². The lowest BCUT2D eigenvalue weighted by molar-refractivity contribution is 0.275. The lowest BCUT2D eigenvalue weighted by atomic mass is 10.2. The summed E-state index contributed by atoms with van der Waals surface area (Å²) in [4.78, 5) is 0. The number of nitrogens with two attached hydrogens (primary N) is 1. The SMILES string of the molecule is Nc1cccc2cc(COc3ccccc3Cl)oc12. The van der Waals surface area contributed by atoms with Crippen molar-refractivity contribution in [3.05, 3.63) is 59.3 Å². The Bertz CT molecular complexity index is 721. The van der Waals surface area contributed by atoms with E-state index < -0.39 is 0 Å². The zero-order valence-electron chi connectivity index (χ0n) is 10.1. The number of para-hydroxylation sites is 2. The number of nitrogen functional groups attached to an aromatic ring is 1. The van der Waals surface area contributed by atoms with Gasteiger partial charge in [0.05, 0.1) is 10.7 Å². The van der Waals surface area contributed by atoms with Gasteiger partial charge in [-0.15, -0.1) is 0 Å². The Balaban J connectivity index is 1.83. The van der Waals surface area contributed by atoms with Gasteiger partial charge in [0, 0.05) is 5.39 Å². The molecule has 96 valence electrons. The molecule has 0 aliphatic rings. The maximum absolute atomic E-state index is 6.02. The number of hydrogen-bond acceptors (Lipinski definition) is 3. The van der Waals surface area contributed by atoms with Crippen LogP contribution in [0, 0.1) is 0 Å². The minimum absolute atomic E-state index is 0.317. The topological polar surface area (TPSA) is 48.4 Å². The van der Waals surface area contributed by atoms with Crippen LogP contribution < -0.4 is 10.5 Å². The van der Waals surface area contributed by atoms with Gasteiger partial charge in [0.15, 0.2) is 5.58 Å². The molecule has 0 aliphatic carbocycles. The third-order valence-electron chi connectivity index (χ3n) is 2.83. The molecule has 2 aromatic carbocycles. The van der Waals surface area contributed by atoms with Gasteiger partial charge < -0.3 is 14.9 Å². The highest BCUT2D eigenvalue weighted by molar-refractivity contribution is 6.32. The first kappa shape index (κ1) is 11.9. The summed E-state index contributed by atoms with van der Waals surface area (Å²) in [5, 5.41) is 1.55. The fourth-order valence-corrected chi connectivity index (χ4v) is 2.11. The summed E-state index contributed by atoms with van der Waals surface area (Å²) in [5.74, 6) is 1.35. The molecule has 0 atom stereocenters. The fourth-order valence-electron chi connectivity index (χ4n) is 1.92. The predicted molar refractivity (Wildman–Crippen MR) is 76.4 cm³/mol. The first-order valence-corrected chi connectivity index (χ1v) is 6.26. The third kappa shape index (κ3) is 2.37. The van der Waals surface area contributed by atoms with Crippen LogP contribution in [0.3, 0.4) is 0 Å². The Kier molecular flexibility index (Phi) is 3.05. The van der Waals surface area contributed by atoms with Gasteiger partial charge >= 0.3 is 0 Å². The summed E-state index contributed by atoms with van der Waals surface area (Å²) < 4.78 is 11.3. The number of furan rings is 1. The van der Waals surface area contributed by atoms with Crippen molar-refractivity contribution in [3.8, 4) is 5.75 Å². The summed E-state index contributed by atoms with van der Waals surface area (Å²) in [5.41, 5.74) is 7.17. The average Bonchev–Trinajstić information content (AvgIpc) is 2.82. The molecule has 19 heavy (non-hydrogen) atoms. The predicted octanol–water partition coefficient (Wildman–Crippen LogP) is 4.25. The molecule has 0 amide bonds. The van der Waals surface area contributed by atoms with Crippen LogP contribution in [0.2, 0.25) is 5.02 Å². The highest BCUT2D eigenvalue weighted by Crippen LogP contribution is 2.27. The van der Waals surface area contributed by atoms with E-state index in [0.717, 1.165) is 5.39 Å². The van der Waals surface area contributed by atoms with Crippen LogP contribution in [-0.2, 0) is 6.61 Å². The van der Waals surface area contributed by atoms with E-state index in [1.165, 1.54) is 0 Å². The van der Waals surface area contributed by atoms with Crippen molar-refractivity contribution in [3.63, 3.8) is 0 Å². The molecule has 0 radical (unpaired) electrons. The lowest BCUT2D eigenvalue weighted by Gasteiger charge is -2.05. The lowest BCUT2D eigenvalue weighted by Crippen LogP contribution is -1.93. The Hall–Kier alpha value is -2.13. The van der Waals surface area contributed by atoms with E-state index in [4.69, 9.17) is 26.5 Å². The molecule has 3 aromatic rings. The number of ether oxygens (including phenoxy) is 1. The highest BCUT2D eigenvalue weighted by Gasteiger charge is 2.07. The molecule has 1 aromatic heterocycles. The number of rotatable bonds is 3. The molecule has 0 spiro atoms. The van der Waals surface area contributed by atoms with Crippen molar-refractivity contribution < 1.29 is 9.15 Å². The summed E-state index contributed by atoms with van der Waals surface area (Å²) in [6.45, 7) is 0.317. The van der Waals surface area contributed by atoms with Crippen LogP contribution in [0.1, 0.15) is 5.76 Å². The maximum atomic E-state index is 6.02. The Morgan fingerprint density at radius 3 is 2.74 bits per heavy atom. The van der Waals surface area contributed by atoms with Gasteiger partial charge in [0.1, 0.15) is 18.1 Å². The van der Waals surface area contributed by atoms with Crippen molar-refractivity contribution in [1.82, 2.24) is 0 Å².